The molecule has 0 spiro atoms. The summed E-state index contributed by atoms with van der Waals surface area (Å²) in [6.07, 6.45) is 3.45. The molecule has 0 saturated heterocycles. The van der Waals surface area contributed by atoms with E-state index in [1.54, 1.807) is 36.7 Å². The van der Waals surface area contributed by atoms with Crippen LogP contribution in [0.5, 0.6) is 5.75 Å². The number of carbonyl (C=O) groups excluding carboxylic acids is 2. The second kappa shape index (κ2) is 8.82. The summed E-state index contributed by atoms with van der Waals surface area (Å²) in [5, 5.41) is 5.43. The molecule has 6 nitrogen and oxygen atoms in total. The lowest BCUT2D eigenvalue weighted by Crippen LogP contribution is -2.38. The molecule has 6 heteroatoms. The van der Waals surface area contributed by atoms with E-state index in [1.165, 1.54) is 0 Å². The molecule has 2 rings (SSSR count). The first-order valence-corrected chi connectivity index (χ1v) is 8.20. The van der Waals surface area contributed by atoms with Crippen molar-refractivity contribution in [2.45, 2.75) is 32.9 Å². The summed E-state index contributed by atoms with van der Waals surface area (Å²) in [5.41, 5.74) is 1.38. The first-order chi connectivity index (χ1) is 12.0. The lowest BCUT2D eigenvalue weighted by Gasteiger charge is -2.14. The van der Waals surface area contributed by atoms with Crippen molar-refractivity contribution in [3.63, 3.8) is 0 Å². The highest BCUT2D eigenvalue weighted by Crippen LogP contribution is 2.13. The van der Waals surface area contributed by atoms with Gasteiger partial charge >= 0.3 is 0 Å². The number of nitrogens with one attached hydrogen (secondary N) is 2. The molecule has 132 valence electrons. The van der Waals surface area contributed by atoms with Crippen LogP contribution in [0.25, 0.3) is 0 Å². The first kappa shape index (κ1) is 18.4. The van der Waals surface area contributed by atoms with Gasteiger partial charge in [-0.25, -0.2) is 0 Å². The molecule has 2 amide bonds. The number of ether oxygens (including phenoxy) is 1. The molecule has 0 radical (unpaired) electrons. The van der Waals surface area contributed by atoms with E-state index in [2.05, 4.69) is 15.6 Å². The lowest BCUT2D eigenvalue weighted by molar-refractivity contribution is -0.120. The monoisotopic (exact) mass is 341 g/mol. The van der Waals surface area contributed by atoms with Crippen LogP contribution >= 0.6 is 0 Å². The molecule has 0 saturated carbocycles. The predicted molar refractivity (Wildman–Crippen MR) is 95.3 cm³/mol. The van der Waals surface area contributed by atoms with Crippen LogP contribution in [0.1, 0.15) is 42.7 Å². The van der Waals surface area contributed by atoms with Crippen molar-refractivity contribution in [3.05, 3.63) is 59.9 Å². The van der Waals surface area contributed by atoms with Gasteiger partial charge in [-0.1, -0.05) is 6.07 Å². The molecule has 1 heterocycles. The Morgan fingerprint density at radius 2 is 1.84 bits per heavy atom. The van der Waals surface area contributed by atoms with Crippen LogP contribution in [-0.4, -0.2) is 29.4 Å². The first-order valence-electron chi connectivity index (χ1n) is 8.20. The average Bonchev–Trinajstić information content (AvgIpc) is 2.60. The molecule has 0 bridgehead atoms. The highest BCUT2D eigenvalue weighted by Gasteiger charge is 2.12. The zero-order valence-electron chi connectivity index (χ0n) is 14.7. The van der Waals surface area contributed by atoms with Crippen molar-refractivity contribution in [1.29, 1.82) is 0 Å². The Hall–Kier alpha value is -2.89. The maximum Gasteiger partial charge on any atom is 0.251 e. The highest BCUT2D eigenvalue weighted by atomic mass is 16.5. The number of pyridine rings is 1. The quantitative estimate of drug-likeness (QED) is 0.811. The van der Waals surface area contributed by atoms with Gasteiger partial charge in [0.1, 0.15) is 5.75 Å². The van der Waals surface area contributed by atoms with Gasteiger partial charge in [-0.2, -0.15) is 0 Å². The summed E-state index contributed by atoms with van der Waals surface area (Å²) in [4.78, 5) is 28.1. The second-order valence-corrected chi connectivity index (χ2v) is 5.95. The zero-order chi connectivity index (χ0) is 18.2. The normalized spacial score (nSPS) is 11.7. The van der Waals surface area contributed by atoms with Gasteiger partial charge in [-0.3, -0.25) is 14.6 Å². The Bertz CT molecular complexity index is 700. The number of hydrogen-bond donors (Lipinski definition) is 2. The summed E-state index contributed by atoms with van der Waals surface area (Å²) < 4.78 is 5.53. The van der Waals surface area contributed by atoms with Crippen LogP contribution in [0, 0.1) is 0 Å². The Labute approximate surface area is 147 Å². The van der Waals surface area contributed by atoms with Crippen LogP contribution in [-0.2, 0) is 4.79 Å². The maximum atomic E-state index is 12.1. The number of benzene rings is 1. The number of aromatic nitrogens is 1. The third-order valence-electron chi connectivity index (χ3n) is 3.46. The molecule has 0 aliphatic rings. The van der Waals surface area contributed by atoms with E-state index in [0.717, 1.165) is 5.56 Å². The van der Waals surface area contributed by atoms with Crippen LogP contribution < -0.4 is 15.4 Å². The van der Waals surface area contributed by atoms with Gasteiger partial charge in [0.2, 0.25) is 5.91 Å². The summed E-state index contributed by atoms with van der Waals surface area (Å²) in [7, 11) is 0. The summed E-state index contributed by atoms with van der Waals surface area (Å²) >= 11 is 0. The highest BCUT2D eigenvalue weighted by molar-refractivity contribution is 5.96. The third-order valence-corrected chi connectivity index (χ3v) is 3.46. The van der Waals surface area contributed by atoms with E-state index < -0.39 is 0 Å². The van der Waals surface area contributed by atoms with Crippen molar-refractivity contribution in [1.82, 2.24) is 15.6 Å². The number of carbonyl (C=O) groups is 2. The number of hydrogen-bond acceptors (Lipinski definition) is 4. The zero-order valence-corrected chi connectivity index (χ0v) is 14.7. The van der Waals surface area contributed by atoms with E-state index in [1.807, 2.05) is 32.9 Å². The fourth-order valence-corrected chi connectivity index (χ4v) is 2.23. The molecule has 0 aliphatic carbocycles. The lowest BCUT2D eigenvalue weighted by atomic mass is 10.1. The van der Waals surface area contributed by atoms with E-state index in [4.69, 9.17) is 4.74 Å². The van der Waals surface area contributed by atoms with Crippen LogP contribution in [0.3, 0.4) is 0 Å². The van der Waals surface area contributed by atoms with Crippen molar-refractivity contribution < 1.29 is 14.3 Å². The molecule has 1 atom stereocenters. The molecule has 0 aliphatic heterocycles. The Kier molecular flexibility index (Phi) is 6.51. The fourth-order valence-electron chi connectivity index (χ4n) is 2.23. The number of nitrogens with zero attached hydrogens (tertiary/aromatic N) is 1. The SMILES string of the molecule is CC(C)Oc1ccc(C(=O)NCC(=O)NC(C)c2cccnc2)cc1. The number of rotatable bonds is 7. The van der Waals surface area contributed by atoms with Gasteiger partial charge in [0.15, 0.2) is 0 Å². The fraction of sp³-hybridized carbons (Fsp3) is 0.316. The molecule has 25 heavy (non-hydrogen) atoms. The average molecular weight is 341 g/mol. The summed E-state index contributed by atoms with van der Waals surface area (Å²) in [5.74, 6) is 0.138. The standard InChI is InChI=1S/C19H23N3O3/c1-13(2)25-17-8-6-15(7-9-17)19(24)21-12-18(23)22-14(3)16-5-4-10-20-11-16/h4-11,13-14H,12H2,1-3H3,(H,21,24)(H,22,23). The molecular weight excluding hydrogens is 318 g/mol. The van der Waals surface area contributed by atoms with Gasteiger partial charge in [0.25, 0.3) is 5.91 Å². The molecule has 0 fully saturated rings. The third kappa shape index (κ3) is 5.91. The summed E-state index contributed by atoms with van der Waals surface area (Å²) in [6, 6.07) is 10.3. The smallest absolute Gasteiger partial charge is 0.251 e. The molecular formula is C19H23N3O3. The van der Waals surface area contributed by atoms with Gasteiger partial charge in [0, 0.05) is 18.0 Å². The van der Waals surface area contributed by atoms with Crippen molar-refractivity contribution in [2.75, 3.05) is 6.54 Å². The molecule has 1 aromatic carbocycles. The minimum Gasteiger partial charge on any atom is -0.491 e. The van der Waals surface area contributed by atoms with E-state index in [9.17, 15) is 9.59 Å². The number of amides is 2. The maximum absolute atomic E-state index is 12.1. The van der Waals surface area contributed by atoms with Crippen molar-refractivity contribution >= 4 is 11.8 Å². The van der Waals surface area contributed by atoms with Gasteiger partial charge in [-0.15, -0.1) is 0 Å². The molecule has 1 unspecified atom stereocenters. The Morgan fingerprint density at radius 3 is 2.44 bits per heavy atom. The Morgan fingerprint density at radius 1 is 1.12 bits per heavy atom. The summed E-state index contributed by atoms with van der Waals surface area (Å²) in [6.45, 7) is 5.65. The van der Waals surface area contributed by atoms with E-state index >= 15 is 0 Å². The Balaban J connectivity index is 1.82. The minimum atomic E-state index is -0.305. The van der Waals surface area contributed by atoms with Crippen LogP contribution in [0.15, 0.2) is 48.8 Å². The van der Waals surface area contributed by atoms with Gasteiger partial charge in [-0.05, 0) is 56.7 Å². The molecule has 1 aromatic heterocycles. The largest absolute Gasteiger partial charge is 0.491 e. The molecule has 2 aromatic rings. The topological polar surface area (TPSA) is 80.3 Å². The van der Waals surface area contributed by atoms with Crippen molar-refractivity contribution in [2.24, 2.45) is 0 Å². The molecule has 2 N–H and O–H groups in total. The van der Waals surface area contributed by atoms with E-state index in [-0.39, 0.29) is 30.5 Å². The van der Waals surface area contributed by atoms with Gasteiger partial charge < -0.3 is 15.4 Å². The predicted octanol–water partition coefficient (Wildman–Crippen LogP) is 2.48. The van der Waals surface area contributed by atoms with E-state index in [0.29, 0.717) is 11.3 Å². The van der Waals surface area contributed by atoms with Gasteiger partial charge in [0.05, 0.1) is 18.7 Å². The minimum absolute atomic E-state index is 0.0742. The van der Waals surface area contributed by atoms with Crippen molar-refractivity contribution in [3.8, 4) is 5.75 Å². The van der Waals surface area contributed by atoms with Crippen LogP contribution in [0.2, 0.25) is 0 Å². The van der Waals surface area contributed by atoms with Crippen LogP contribution in [0.4, 0.5) is 0 Å². The second-order valence-electron chi connectivity index (χ2n) is 5.95.